The Kier molecular flexibility index (Phi) is 5.94. The number of benzene rings is 7. The maximum Gasteiger partial charge on any atom is 0.123 e. The number of hydrogen-bond acceptors (Lipinski definition) is 1. The molecule has 0 N–H and O–H groups in total. The van der Waals surface area contributed by atoms with Crippen LogP contribution >= 0.6 is 11.3 Å². The zero-order valence-corrected chi connectivity index (χ0v) is 23.5. The lowest BCUT2D eigenvalue weighted by Crippen LogP contribution is -1.84. The fourth-order valence-corrected chi connectivity index (χ4v) is 7.16. The highest BCUT2D eigenvalue weighted by Gasteiger charge is 2.11. The van der Waals surface area contributed by atoms with Crippen LogP contribution in [-0.2, 0) is 0 Å². The van der Waals surface area contributed by atoms with E-state index >= 15 is 0 Å². The third kappa shape index (κ3) is 4.38. The predicted octanol–water partition coefficient (Wildman–Crippen LogP) is 12.0. The van der Waals surface area contributed by atoms with Crippen molar-refractivity contribution in [1.29, 1.82) is 0 Å². The first-order valence-corrected chi connectivity index (χ1v) is 14.9. The molecule has 8 aromatic rings. The molecule has 0 fully saturated rings. The second-order valence-electron chi connectivity index (χ2n) is 10.7. The molecule has 0 aliphatic carbocycles. The SMILES string of the molecule is Fc1ccc(-c2ccc(-c3ccc4cc(-c5ccc(-c6cccc7c6sc6ccccc67)cc5)ccc4c3)cc2)cc1. The van der Waals surface area contributed by atoms with Crippen molar-refractivity contribution in [2.75, 3.05) is 0 Å². The summed E-state index contributed by atoms with van der Waals surface area (Å²) < 4.78 is 16.0. The van der Waals surface area contributed by atoms with Crippen molar-refractivity contribution in [3.05, 3.63) is 157 Å². The largest absolute Gasteiger partial charge is 0.207 e. The van der Waals surface area contributed by atoms with E-state index in [1.54, 1.807) is 0 Å². The summed E-state index contributed by atoms with van der Waals surface area (Å²) in [5.41, 5.74) is 9.39. The summed E-state index contributed by atoms with van der Waals surface area (Å²) in [6.45, 7) is 0. The van der Waals surface area contributed by atoms with Crippen molar-refractivity contribution in [2.45, 2.75) is 0 Å². The summed E-state index contributed by atoms with van der Waals surface area (Å²) >= 11 is 1.87. The van der Waals surface area contributed by atoms with Crippen LogP contribution in [0.3, 0.4) is 0 Å². The molecular formula is C40H25FS. The third-order valence-electron chi connectivity index (χ3n) is 8.17. The van der Waals surface area contributed by atoms with Gasteiger partial charge in [-0.25, -0.2) is 4.39 Å². The zero-order chi connectivity index (χ0) is 28.0. The average Bonchev–Trinajstić information content (AvgIpc) is 3.44. The smallest absolute Gasteiger partial charge is 0.123 e. The van der Waals surface area contributed by atoms with Gasteiger partial charge in [0, 0.05) is 20.2 Å². The van der Waals surface area contributed by atoms with E-state index in [0.717, 1.165) is 16.7 Å². The van der Waals surface area contributed by atoms with Crippen molar-refractivity contribution < 1.29 is 4.39 Å². The summed E-state index contributed by atoms with van der Waals surface area (Å²) in [4.78, 5) is 0. The lowest BCUT2D eigenvalue weighted by molar-refractivity contribution is 0.628. The van der Waals surface area contributed by atoms with Crippen LogP contribution in [-0.4, -0.2) is 0 Å². The highest BCUT2D eigenvalue weighted by Crippen LogP contribution is 2.40. The Morgan fingerprint density at radius 1 is 0.381 bits per heavy atom. The molecule has 0 saturated carbocycles. The van der Waals surface area contributed by atoms with Gasteiger partial charge in [0.1, 0.15) is 5.82 Å². The lowest BCUT2D eigenvalue weighted by atomic mass is 9.95. The topological polar surface area (TPSA) is 0 Å². The van der Waals surface area contributed by atoms with Crippen LogP contribution in [0.1, 0.15) is 0 Å². The Morgan fingerprint density at radius 2 is 0.857 bits per heavy atom. The van der Waals surface area contributed by atoms with Crippen LogP contribution in [0, 0.1) is 5.82 Å². The lowest BCUT2D eigenvalue weighted by Gasteiger charge is -2.09. The minimum atomic E-state index is -0.215. The van der Waals surface area contributed by atoms with E-state index in [1.807, 2.05) is 23.5 Å². The maximum absolute atomic E-state index is 13.3. The van der Waals surface area contributed by atoms with E-state index in [9.17, 15) is 4.39 Å². The summed E-state index contributed by atoms with van der Waals surface area (Å²) in [7, 11) is 0. The van der Waals surface area contributed by atoms with Crippen molar-refractivity contribution in [1.82, 2.24) is 0 Å². The van der Waals surface area contributed by atoms with Gasteiger partial charge in [0.25, 0.3) is 0 Å². The fourth-order valence-electron chi connectivity index (χ4n) is 5.92. The number of rotatable bonds is 4. The minimum Gasteiger partial charge on any atom is -0.207 e. The van der Waals surface area contributed by atoms with E-state index in [0.29, 0.717) is 0 Å². The van der Waals surface area contributed by atoms with Gasteiger partial charge in [0.15, 0.2) is 0 Å². The van der Waals surface area contributed by atoms with Crippen molar-refractivity contribution in [2.24, 2.45) is 0 Å². The molecule has 0 radical (unpaired) electrons. The van der Waals surface area contributed by atoms with E-state index in [-0.39, 0.29) is 5.82 Å². The summed E-state index contributed by atoms with van der Waals surface area (Å²) in [6.07, 6.45) is 0. The molecule has 2 heteroatoms. The molecule has 0 nitrogen and oxygen atoms in total. The first kappa shape index (κ1) is 24.7. The Bertz CT molecular complexity index is 2220. The highest BCUT2D eigenvalue weighted by atomic mass is 32.1. The predicted molar refractivity (Wildman–Crippen MR) is 179 cm³/mol. The molecule has 0 unspecified atom stereocenters. The van der Waals surface area contributed by atoms with Gasteiger partial charge in [0.2, 0.25) is 0 Å². The van der Waals surface area contributed by atoms with Gasteiger partial charge in [-0.1, -0.05) is 121 Å². The van der Waals surface area contributed by atoms with E-state index in [4.69, 9.17) is 0 Å². The second kappa shape index (κ2) is 10.1. The van der Waals surface area contributed by atoms with E-state index < -0.39 is 0 Å². The normalized spacial score (nSPS) is 11.5. The first-order chi connectivity index (χ1) is 20.7. The molecule has 0 aliphatic heterocycles. The van der Waals surface area contributed by atoms with Crippen molar-refractivity contribution in [3.8, 4) is 44.5 Å². The molecular weight excluding hydrogens is 532 g/mol. The molecule has 0 atom stereocenters. The van der Waals surface area contributed by atoms with Crippen LogP contribution in [0.25, 0.3) is 75.5 Å². The number of thiophene rings is 1. The third-order valence-corrected chi connectivity index (χ3v) is 9.39. The molecule has 0 amide bonds. The second-order valence-corrected chi connectivity index (χ2v) is 11.8. The van der Waals surface area contributed by atoms with Crippen LogP contribution < -0.4 is 0 Å². The van der Waals surface area contributed by atoms with Crippen molar-refractivity contribution in [3.63, 3.8) is 0 Å². The molecule has 1 aromatic heterocycles. The number of halogens is 1. The fraction of sp³-hybridized carbons (Fsp3) is 0. The molecule has 1 heterocycles. The average molecular weight is 557 g/mol. The monoisotopic (exact) mass is 556 g/mol. The molecule has 7 aromatic carbocycles. The van der Waals surface area contributed by atoms with Crippen LogP contribution in [0.15, 0.2) is 152 Å². The molecule has 0 aliphatic rings. The Hall–Kier alpha value is -5.05. The number of fused-ring (bicyclic) bond motifs is 4. The first-order valence-electron chi connectivity index (χ1n) is 14.1. The molecule has 8 rings (SSSR count). The zero-order valence-electron chi connectivity index (χ0n) is 22.7. The van der Waals surface area contributed by atoms with Gasteiger partial charge < -0.3 is 0 Å². The molecule has 0 bridgehead atoms. The quantitative estimate of drug-likeness (QED) is 0.202. The van der Waals surface area contributed by atoms with Crippen LogP contribution in [0.5, 0.6) is 0 Å². The van der Waals surface area contributed by atoms with E-state index in [2.05, 4.69) is 127 Å². The van der Waals surface area contributed by atoms with Gasteiger partial charge >= 0.3 is 0 Å². The molecule has 0 saturated heterocycles. The van der Waals surface area contributed by atoms with Gasteiger partial charge in [-0.3, -0.25) is 0 Å². The van der Waals surface area contributed by atoms with Crippen molar-refractivity contribution >= 4 is 42.3 Å². The van der Waals surface area contributed by atoms with Gasteiger partial charge in [-0.05, 0) is 85.6 Å². The highest BCUT2D eigenvalue weighted by molar-refractivity contribution is 7.26. The summed E-state index contributed by atoms with van der Waals surface area (Å²) in [6, 6.07) is 52.7. The minimum absolute atomic E-state index is 0.215. The number of hydrogen-bond donors (Lipinski definition) is 0. The van der Waals surface area contributed by atoms with E-state index in [1.165, 1.54) is 70.9 Å². The van der Waals surface area contributed by atoms with Gasteiger partial charge in [-0.15, -0.1) is 11.3 Å². The Morgan fingerprint density at radius 3 is 1.48 bits per heavy atom. The Labute approximate surface area is 248 Å². The summed E-state index contributed by atoms with van der Waals surface area (Å²) in [5.74, 6) is -0.215. The Balaban J connectivity index is 1.07. The van der Waals surface area contributed by atoms with Crippen LogP contribution in [0.2, 0.25) is 0 Å². The molecule has 42 heavy (non-hydrogen) atoms. The maximum atomic E-state index is 13.3. The molecule has 198 valence electrons. The summed E-state index contributed by atoms with van der Waals surface area (Å²) in [5, 5.41) is 5.09. The van der Waals surface area contributed by atoms with Gasteiger partial charge in [0.05, 0.1) is 0 Å². The standard InChI is InChI=1S/C40H25FS/c41-35-22-20-27(21-23-35)26-8-10-28(11-9-26)31-16-18-34-25-32(17-19-33(34)24-31)29-12-14-30(15-13-29)36-5-3-6-38-37-4-1-2-7-39(37)42-40(36)38/h1-25H. The van der Waals surface area contributed by atoms with Crippen LogP contribution in [0.4, 0.5) is 4.39 Å². The van der Waals surface area contributed by atoms with Gasteiger partial charge in [-0.2, -0.15) is 0 Å². The molecule has 0 spiro atoms.